The fraction of sp³-hybridized carbons (Fsp3) is 0.562. The summed E-state index contributed by atoms with van der Waals surface area (Å²) in [5.41, 5.74) is -2.80. The predicted molar refractivity (Wildman–Crippen MR) is 97.9 cm³/mol. The second-order valence-corrected chi connectivity index (χ2v) is 6.45. The van der Waals surface area contributed by atoms with E-state index in [1.165, 1.54) is 0 Å². The number of carbonyl (C=O) groups excluding carboxylic acids is 1. The second-order valence-electron chi connectivity index (χ2n) is 6.45. The van der Waals surface area contributed by atoms with Crippen LogP contribution in [0, 0.1) is 0 Å². The molecule has 0 fully saturated rings. The third kappa shape index (κ3) is 25.2. The van der Waals surface area contributed by atoms with Gasteiger partial charge in [-0.05, 0) is 0 Å². The maximum Gasteiger partial charge on any atom is 1.00 e. The van der Waals surface area contributed by atoms with Crippen molar-refractivity contribution >= 4 is 41.8 Å². The number of carbonyl (C=O) groups is 7. The summed E-state index contributed by atoms with van der Waals surface area (Å²) in [6, 6.07) is 0. The Bertz CT molecular complexity index is 684. The number of halogens is 1. The Morgan fingerprint density at radius 3 is 1.03 bits per heavy atom. The van der Waals surface area contributed by atoms with Crippen molar-refractivity contribution < 1.29 is 138 Å². The smallest absolute Gasteiger partial charge is 1.00 e. The third-order valence-corrected chi connectivity index (χ3v) is 3.45. The summed E-state index contributed by atoms with van der Waals surface area (Å²) in [6.07, 6.45) is -2.44. The number of rotatable bonds is 16. The number of nitrogens with zero attached hydrogens (tertiary/aromatic N) is 2. The summed E-state index contributed by atoms with van der Waals surface area (Å²) in [5.74, 6) is -10.2. The summed E-state index contributed by atoms with van der Waals surface area (Å²) >= 11 is 0. The molecule has 0 aromatic heterocycles. The van der Waals surface area contributed by atoms with E-state index < -0.39 is 86.4 Å². The molecule has 0 aliphatic heterocycles. The molecule has 0 amide bonds. The van der Waals surface area contributed by atoms with Gasteiger partial charge in [-0.3, -0.25) is 33.8 Å². The Kier molecular flexibility index (Phi) is 27.3. The van der Waals surface area contributed by atoms with Gasteiger partial charge in [0.25, 0.3) is 0 Å². The summed E-state index contributed by atoms with van der Waals surface area (Å²) < 4.78 is 0. The maximum absolute atomic E-state index is 10.6. The van der Waals surface area contributed by atoms with Gasteiger partial charge in [0.1, 0.15) is 0 Å². The minimum absolute atomic E-state index is 0. The normalized spacial score (nSPS) is 11.2. The monoisotopic (exact) mass is 548 g/mol. The van der Waals surface area contributed by atoms with E-state index in [0.29, 0.717) is 0 Å². The Hall–Kier alpha value is -1.90. The molecule has 196 valence electrons. The van der Waals surface area contributed by atoms with Crippen LogP contribution in [0.3, 0.4) is 0 Å². The van der Waals surface area contributed by atoms with Crippen molar-refractivity contribution in [2.75, 3.05) is 39.3 Å². The number of aliphatic carboxylic acids is 7. The zero-order valence-electron chi connectivity index (χ0n) is 19.3. The molecule has 0 aromatic rings. The SMILES string of the molecule is O=C(O)CN(CCN(CC(=O)O)CC(=O)O)CC(=O)O.O=C([O-])CC(O)(CC(=O)O)C(=O)O.[F-].[Na+].[Na+]. The molecule has 0 aromatic carbocycles. The first kappa shape index (κ1) is 44.1. The fourth-order valence-corrected chi connectivity index (χ4v) is 2.18. The van der Waals surface area contributed by atoms with Gasteiger partial charge < -0.3 is 50.4 Å². The van der Waals surface area contributed by atoms with Crippen LogP contribution in [-0.4, -0.2) is 132 Å². The molecule has 20 heteroatoms. The molecule has 0 saturated heterocycles. The van der Waals surface area contributed by atoms with Gasteiger partial charge in [-0.25, -0.2) is 4.79 Å². The number of hydrogen-bond acceptors (Lipinski definition) is 11. The first-order valence-corrected chi connectivity index (χ1v) is 8.67. The molecule has 0 spiro atoms. The van der Waals surface area contributed by atoms with Crippen molar-refractivity contribution in [2.24, 2.45) is 0 Å². The van der Waals surface area contributed by atoms with E-state index in [4.69, 9.17) is 35.7 Å². The van der Waals surface area contributed by atoms with Gasteiger partial charge >= 0.3 is 94.9 Å². The van der Waals surface area contributed by atoms with E-state index in [-0.39, 0.29) is 76.9 Å². The van der Waals surface area contributed by atoms with E-state index in [1.807, 2.05) is 0 Å². The van der Waals surface area contributed by atoms with Crippen LogP contribution in [0.1, 0.15) is 12.8 Å². The molecule has 1 atom stereocenters. The molecule has 0 rings (SSSR count). The van der Waals surface area contributed by atoms with Crippen molar-refractivity contribution in [1.82, 2.24) is 9.80 Å². The average molecular weight is 548 g/mol. The Morgan fingerprint density at radius 2 is 0.861 bits per heavy atom. The molecule has 0 radical (unpaired) electrons. The van der Waals surface area contributed by atoms with Crippen molar-refractivity contribution in [1.29, 1.82) is 0 Å². The average Bonchev–Trinajstić information content (AvgIpc) is 2.56. The van der Waals surface area contributed by atoms with Crippen molar-refractivity contribution in [3.63, 3.8) is 0 Å². The largest absolute Gasteiger partial charge is 1.00 e. The first-order valence-electron chi connectivity index (χ1n) is 8.67. The first-order chi connectivity index (χ1) is 15.0. The molecule has 0 saturated carbocycles. The van der Waals surface area contributed by atoms with Crippen LogP contribution in [0.5, 0.6) is 0 Å². The minimum Gasteiger partial charge on any atom is -1.00 e. The van der Waals surface area contributed by atoms with E-state index >= 15 is 0 Å². The molecule has 0 aliphatic carbocycles. The van der Waals surface area contributed by atoms with Gasteiger partial charge in [-0.1, -0.05) is 0 Å². The summed E-state index contributed by atoms with van der Waals surface area (Å²) in [5, 5.41) is 70.0. The van der Waals surface area contributed by atoms with E-state index in [2.05, 4.69) is 0 Å². The summed E-state index contributed by atoms with van der Waals surface area (Å²) in [6.45, 7) is -2.25. The molecule has 7 N–H and O–H groups in total. The molecule has 17 nitrogen and oxygen atoms in total. The maximum atomic E-state index is 10.6. The predicted octanol–water partition coefficient (Wildman–Crippen LogP) is -13.6. The van der Waals surface area contributed by atoms with Gasteiger partial charge in [-0.2, -0.15) is 0 Å². The van der Waals surface area contributed by atoms with Crippen LogP contribution in [0.15, 0.2) is 0 Å². The third-order valence-electron chi connectivity index (χ3n) is 3.45. The molecular formula is C16H23FN2Na2O15. The minimum atomic E-state index is -2.80. The second kappa shape index (κ2) is 22.3. The van der Waals surface area contributed by atoms with Gasteiger partial charge in [0.05, 0.1) is 32.6 Å². The fourth-order valence-electron chi connectivity index (χ4n) is 2.18. The van der Waals surface area contributed by atoms with Crippen LogP contribution in [-0.2, 0) is 33.6 Å². The molecule has 0 bridgehead atoms. The number of hydrogen-bond donors (Lipinski definition) is 7. The standard InChI is InChI=1S/C10H16N2O8.C6H8O7.FH.2Na/c13-7(14)3-11(4-8(15)16)1-2-12(5-9(17)18)6-10(19)20;7-3(8)1-6(13,5(11)12)2-4(9)10;;;/h1-6H2,(H,13,14)(H,15,16)(H,17,18)(H,19,20);13H,1-2H2,(H,7,8)(H,9,10)(H,11,12);1H;;/q;;;2*+1/p-2. The zero-order chi connectivity index (χ0) is 26.4. The molecular weight excluding hydrogens is 525 g/mol. The summed E-state index contributed by atoms with van der Waals surface area (Å²) in [7, 11) is 0. The Morgan fingerprint density at radius 1 is 0.583 bits per heavy atom. The Balaban J connectivity index is -0.000000177. The number of aliphatic hydroxyl groups is 1. The van der Waals surface area contributed by atoms with E-state index in [1.54, 1.807) is 0 Å². The van der Waals surface area contributed by atoms with Gasteiger partial charge in [0.2, 0.25) is 0 Å². The van der Waals surface area contributed by atoms with Crippen LogP contribution in [0.2, 0.25) is 0 Å². The van der Waals surface area contributed by atoms with Gasteiger partial charge in [0.15, 0.2) is 5.60 Å². The number of carboxylic acids is 7. The topological polar surface area (TPSA) is 291 Å². The van der Waals surface area contributed by atoms with Crippen molar-refractivity contribution in [3.8, 4) is 0 Å². The number of carboxylic acid groups (broad SMARTS) is 7. The van der Waals surface area contributed by atoms with Crippen LogP contribution >= 0.6 is 0 Å². The molecule has 0 heterocycles. The van der Waals surface area contributed by atoms with Crippen molar-refractivity contribution in [3.05, 3.63) is 0 Å². The zero-order valence-corrected chi connectivity index (χ0v) is 23.3. The van der Waals surface area contributed by atoms with Crippen molar-refractivity contribution in [2.45, 2.75) is 18.4 Å². The van der Waals surface area contributed by atoms with Crippen LogP contribution in [0.25, 0.3) is 0 Å². The molecule has 0 aliphatic rings. The van der Waals surface area contributed by atoms with Gasteiger partial charge in [-0.15, -0.1) is 0 Å². The quantitative estimate of drug-likeness (QED) is 0.0881. The van der Waals surface area contributed by atoms with Crippen LogP contribution < -0.4 is 68.9 Å². The molecule has 36 heavy (non-hydrogen) atoms. The van der Waals surface area contributed by atoms with Crippen LogP contribution in [0.4, 0.5) is 0 Å². The summed E-state index contributed by atoms with van der Waals surface area (Å²) in [4.78, 5) is 74.7. The van der Waals surface area contributed by atoms with E-state index in [0.717, 1.165) is 9.80 Å². The van der Waals surface area contributed by atoms with E-state index in [9.17, 15) is 38.7 Å². The molecule has 1 unspecified atom stereocenters. The Labute approximate surface area is 246 Å². The van der Waals surface area contributed by atoms with Gasteiger partial charge in [0, 0.05) is 25.5 Å².